The van der Waals surface area contributed by atoms with Crippen LogP contribution in [-0.4, -0.2) is 65.9 Å². The molecule has 0 atom stereocenters. The van der Waals surface area contributed by atoms with Gasteiger partial charge in [0.05, 0.1) is 6.54 Å². The number of pyridine rings is 1. The first-order chi connectivity index (χ1) is 13.2. The van der Waals surface area contributed by atoms with Crippen molar-refractivity contribution in [1.82, 2.24) is 20.1 Å². The summed E-state index contributed by atoms with van der Waals surface area (Å²) >= 11 is 0. The maximum absolute atomic E-state index is 12.3. The lowest BCUT2D eigenvalue weighted by Gasteiger charge is -2.34. The molecule has 1 aliphatic rings. The Bertz CT molecular complexity index is 731. The summed E-state index contributed by atoms with van der Waals surface area (Å²) in [6, 6.07) is 13.1. The number of benzene rings is 1. The van der Waals surface area contributed by atoms with Crippen LogP contribution in [0.25, 0.3) is 0 Å². The minimum absolute atomic E-state index is 0.000408. The highest BCUT2D eigenvalue weighted by atomic mass is 16.5. The van der Waals surface area contributed by atoms with Crippen LogP contribution >= 0.6 is 0 Å². The molecule has 2 heterocycles. The van der Waals surface area contributed by atoms with Gasteiger partial charge in [0, 0.05) is 45.1 Å². The Morgan fingerprint density at radius 2 is 1.81 bits per heavy atom. The van der Waals surface area contributed by atoms with Gasteiger partial charge in [-0.15, -0.1) is 0 Å². The predicted molar refractivity (Wildman–Crippen MR) is 101 cm³/mol. The Morgan fingerprint density at radius 3 is 2.52 bits per heavy atom. The minimum Gasteiger partial charge on any atom is -0.484 e. The number of amides is 2. The van der Waals surface area contributed by atoms with Gasteiger partial charge in [0.25, 0.3) is 5.91 Å². The molecule has 7 heteroatoms. The third-order valence-electron chi connectivity index (χ3n) is 4.40. The number of ether oxygens (including phenoxy) is 1. The highest BCUT2D eigenvalue weighted by molar-refractivity contribution is 5.85. The van der Waals surface area contributed by atoms with E-state index < -0.39 is 0 Å². The number of rotatable bonds is 7. The molecule has 142 valence electrons. The molecule has 27 heavy (non-hydrogen) atoms. The van der Waals surface area contributed by atoms with Crippen molar-refractivity contribution in [3.05, 3.63) is 60.4 Å². The monoisotopic (exact) mass is 368 g/mol. The molecule has 0 saturated carbocycles. The van der Waals surface area contributed by atoms with E-state index in [0.29, 0.717) is 18.8 Å². The molecule has 0 spiro atoms. The van der Waals surface area contributed by atoms with Crippen molar-refractivity contribution in [3.8, 4) is 5.75 Å². The molecular formula is C20H24N4O3. The zero-order chi connectivity index (χ0) is 18.9. The van der Waals surface area contributed by atoms with Crippen LogP contribution in [0, 0.1) is 0 Å². The van der Waals surface area contributed by atoms with Crippen LogP contribution in [0.4, 0.5) is 0 Å². The zero-order valence-corrected chi connectivity index (χ0v) is 15.2. The van der Waals surface area contributed by atoms with Gasteiger partial charge in [-0.2, -0.15) is 0 Å². The molecule has 0 bridgehead atoms. The van der Waals surface area contributed by atoms with E-state index in [0.717, 1.165) is 19.6 Å². The maximum atomic E-state index is 12.3. The Balaban J connectivity index is 1.34. The number of hydrogen-bond donors (Lipinski definition) is 1. The molecule has 0 aliphatic carbocycles. The fourth-order valence-corrected chi connectivity index (χ4v) is 2.91. The van der Waals surface area contributed by atoms with Crippen LogP contribution in [0.15, 0.2) is 54.9 Å². The molecule has 0 unspecified atom stereocenters. The summed E-state index contributed by atoms with van der Waals surface area (Å²) < 4.78 is 5.37. The summed E-state index contributed by atoms with van der Waals surface area (Å²) in [4.78, 5) is 32.3. The van der Waals surface area contributed by atoms with E-state index >= 15 is 0 Å². The van der Waals surface area contributed by atoms with E-state index in [9.17, 15) is 9.59 Å². The smallest absolute Gasteiger partial charge is 0.258 e. The van der Waals surface area contributed by atoms with Crippen LogP contribution in [0.3, 0.4) is 0 Å². The van der Waals surface area contributed by atoms with Gasteiger partial charge < -0.3 is 15.0 Å². The first-order valence-electron chi connectivity index (χ1n) is 9.04. The molecule has 1 aromatic carbocycles. The van der Waals surface area contributed by atoms with Crippen molar-refractivity contribution in [3.63, 3.8) is 0 Å². The summed E-state index contributed by atoms with van der Waals surface area (Å²) in [5.41, 5.74) is 1.17. The number of piperazine rings is 1. The number of carbonyl (C=O) groups excluding carboxylic acids is 2. The van der Waals surface area contributed by atoms with Crippen molar-refractivity contribution in [2.45, 2.75) is 6.54 Å². The van der Waals surface area contributed by atoms with Crippen LogP contribution in [0.2, 0.25) is 0 Å². The van der Waals surface area contributed by atoms with Crippen LogP contribution < -0.4 is 10.1 Å². The topological polar surface area (TPSA) is 74.8 Å². The first kappa shape index (κ1) is 18.8. The molecule has 1 fully saturated rings. The quantitative estimate of drug-likeness (QED) is 0.787. The third-order valence-corrected chi connectivity index (χ3v) is 4.40. The van der Waals surface area contributed by atoms with Gasteiger partial charge in [-0.3, -0.25) is 19.5 Å². The second kappa shape index (κ2) is 9.68. The summed E-state index contributed by atoms with van der Waals surface area (Å²) in [6.07, 6.45) is 3.63. The average molecular weight is 368 g/mol. The zero-order valence-electron chi connectivity index (χ0n) is 15.2. The average Bonchev–Trinajstić information content (AvgIpc) is 2.72. The normalized spacial score (nSPS) is 14.6. The Hall–Kier alpha value is -2.93. The maximum Gasteiger partial charge on any atom is 0.258 e. The van der Waals surface area contributed by atoms with E-state index in [2.05, 4.69) is 21.3 Å². The molecule has 1 N–H and O–H groups in total. The molecule has 1 aliphatic heterocycles. The number of aromatic nitrogens is 1. The van der Waals surface area contributed by atoms with E-state index in [4.69, 9.17) is 4.74 Å². The van der Waals surface area contributed by atoms with Gasteiger partial charge in [-0.05, 0) is 23.8 Å². The molecule has 0 radical (unpaired) electrons. The molecule has 7 nitrogen and oxygen atoms in total. The fraction of sp³-hybridized carbons (Fsp3) is 0.350. The van der Waals surface area contributed by atoms with Crippen molar-refractivity contribution in [2.75, 3.05) is 39.3 Å². The SMILES string of the molecule is O=C(COc1ccccc1)NCC(=O)N1CCN(Cc2cccnc2)CC1. The highest BCUT2D eigenvalue weighted by Gasteiger charge is 2.21. The minimum atomic E-state index is -0.303. The van der Waals surface area contributed by atoms with Gasteiger partial charge in [0.1, 0.15) is 5.75 Å². The van der Waals surface area contributed by atoms with Crippen molar-refractivity contribution >= 4 is 11.8 Å². The van der Waals surface area contributed by atoms with Crippen LogP contribution in [-0.2, 0) is 16.1 Å². The van der Waals surface area contributed by atoms with Crippen LogP contribution in [0.1, 0.15) is 5.56 Å². The second-order valence-electron chi connectivity index (χ2n) is 6.40. The summed E-state index contributed by atoms with van der Waals surface area (Å²) in [7, 11) is 0. The summed E-state index contributed by atoms with van der Waals surface area (Å²) in [5.74, 6) is 0.259. The Kier molecular flexibility index (Phi) is 6.76. The summed E-state index contributed by atoms with van der Waals surface area (Å²) in [5, 5.41) is 2.62. The number of carbonyl (C=O) groups is 2. The van der Waals surface area contributed by atoms with Crippen molar-refractivity contribution in [1.29, 1.82) is 0 Å². The predicted octanol–water partition coefficient (Wildman–Crippen LogP) is 0.921. The van der Waals surface area contributed by atoms with Gasteiger partial charge in [0.2, 0.25) is 5.91 Å². The van der Waals surface area contributed by atoms with Crippen LogP contribution in [0.5, 0.6) is 5.75 Å². The lowest BCUT2D eigenvalue weighted by atomic mass is 10.2. The lowest BCUT2D eigenvalue weighted by molar-refractivity contribution is -0.134. The van der Waals surface area contributed by atoms with E-state index in [1.54, 1.807) is 23.2 Å². The number of para-hydroxylation sites is 1. The lowest BCUT2D eigenvalue weighted by Crippen LogP contribution is -2.51. The summed E-state index contributed by atoms with van der Waals surface area (Å²) in [6.45, 7) is 3.68. The number of nitrogens with one attached hydrogen (secondary N) is 1. The molecule has 3 rings (SSSR count). The first-order valence-corrected chi connectivity index (χ1v) is 9.04. The fourth-order valence-electron chi connectivity index (χ4n) is 2.91. The van der Waals surface area contributed by atoms with E-state index in [1.165, 1.54) is 5.56 Å². The Morgan fingerprint density at radius 1 is 1.04 bits per heavy atom. The highest BCUT2D eigenvalue weighted by Crippen LogP contribution is 2.08. The van der Waals surface area contributed by atoms with Gasteiger partial charge in [0.15, 0.2) is 6.61 Å². The third kappa shape index (κ3) is 6.07. The molecular weight excluding hydrogens is 344 g/mol. The van der Waals surface area contributed by atoms with Crippen molar-refractivity contribution < 1.29 is 14.3 Å². The Labute approximate surface area is 158 Å². The molecule has 2 amide bonds. The molecule has 1 saturated heterocycles. The largest absolute Gasteiger partial charge is 0.484 e. The number of hydrogen-bond acceptors (Lipinski definition) is 5. The van der Waals surface area contributed by atoms with E-state index in [1.807, 2.05) is 30.5 Å². The number of nitrogens with zero attached hydrogens (tertiary/aromatic N) is 3. The second-order valence-corrected chi connectivity index (χ2v) is 6.40. The standard InChI is InChI=1S/C20H24N4O3/c25-19(16-27-18-6-2-1-3-7-18)22-14-20(26)24-11-9-23(10-12-24)15-17-5-4-8-21-13-17/h1-8,13H,9-12,14-16H2,(H,22,25). The van der Waals surface area contributed by atoms with E-state index in [-0.39, 0.29) is 25.0 Å². The molecule has 1 aromatic heterocycles. The van der Waals surface area contributed by atoms with Gasteiger partial charge >= 0.3 is 0 Å². The van der Waals surface area contributed by atoms with Crippen molar-refractivity contribution in [2.24, 2.45) is 0 Å². The van der Waals surface area contributed by atoms with Gasteiger partial charge in [-0.1, -0.05) is 24.3 Å². The molecule has 2 aromatic rings. The van der Waals surface area contributed by atoms with Gasteiger partial charge in [-0.25, -0.2) is 0 Å².